The minimum absolute atomic E-state index is 0.100. The molecule has 7 rings (SSSR count). The van der Waals surface area contributed by atoms with E-state index in [2.05, 4.69) is 125 Å². The van der Waals surface area contributed by atoms with E-state index in [-0.39, 0.29) is 10.8 Å². The van der Waals surface area contributed by atoms with Crippen LogP contribution in [0.25, 0.3) is 0 Å². The maximum Gasteiger partial charge on any atom is 0.0150 e. The van der Waals surface area contributed by atoms with Gasteiger partial charge < -0.3 is 0 Å². The zero-order valence-corrected chi connectivity index (χ0v) is 37.0. The summed E-state index contributed by atoms with van der Waals surface area (Å²) in [6.45, 7) is 53.8. The van der Waals surface area contributed by atoms with Crippen LogP contribution in [0.3, 0.4) is 0 Å². The Labute approximate surface area is 324 Å². The van der Waals surface area contributed by atoms with Crippen LogP contribution in [-0.2, 0) is 0 Å². The van der Waals surface area contributed by atoms with Crippen molar-refractivity contribution in [2.24, 2.45) is 46.3 Å². The van der Waals surface area contributed by atoms with Crippen molar-refractivity contribution in [1.29, 1.82) is 0 Å². The van der Waals surface area contributed by atoms with Gasteiger partial charge in [-0.3, -0.25) is 0 Å². The molecule has 0 N–H and O–H groups in total. The van der Waals surface area contributed by atoms with Gasteiger partial charge in [-0.15, -0.1) is 0 Å². The maximum atomic E-state index is 5.00. The van der Waals surface area contributed by atoms with E-state index in [0.717, 1.165) is 19.3 Å². The summed E-state index contributed by atoms with van der Waals surface area (Å²) in [5.74, 6) is 2.47. The van der Waals surface area contributed by atoms with Crippen molar-refractivity contribution in [2.45, 2.75) is 144 Å². The molecule has 53 heavy (non-hydrogen) atoms. The van der Waals surface area contributed by atoms with E-state index in [4.69, 9.17) is 13.2 Å². The minimum Gasteiger partial charge on any atom is -0.0946 e. The fraction of sp³-hybridized carbons (Fsp3) is 0.547. The van der Waals surface area contributed by atoms with Gasteiger partial charge in [0.15, 0.2) is 0 Å². The summed E-state index contributed by atoms with van der Waals surface area (Å²) in [4.78, 5) is 0. The summed E-state index contributed by atoms with van der Waals surface area (Å²) >= 11 is 0. The molecular formula is C53H70. The smallest absolute Gasteiger partial charge is 0.0150 e. The Morgan fingerprint density at radius 1 is 0.434 bits per heavy atom. The van der Waals surface area contributed by atoms with Crippen LogP contribution < -0.4 is 0 Å². The van der Waals surface area contributed by atoms with Crippen molar-refractivity contribution >= 4 is 0 Å². The largest absolute Gasteiger partial charge is 0.0946 e. The molecule has 0 nitrogen and oxygen atoms in total. The summed E-state index contributed by atoms with van der Waals surface area (Å²) in [7, 11) is 0. The third kappa shape index (κ3) is 5.12. The highest BCUT2D eigenvalue weighted by molar-refractivity contribution is 5.82. The molecule has 4 atom stereocenters. The number of hydrogen-bond acceptors (Lipinski definition) is 0. The van der Waals surface area contributed by atoms with Gasteiger partial charge >= 0.3 is 0 Å². The highest BCUT2D eigenvalue weighted by atomic mass is 14.6. The first-order valence-electron chi connectivity index (χ1n) is 20.9. The summed E-state index contributed by atoms with van der Waals surface area (Å²) in [6.07, 6.45) is 3.18. The molecule has 4 unspecified atom stereocenters. The van der Waals surface area contributed by atoms with E-state index in [1.54, 1.807) is 72.5 Å². The van der Waals surface area contributed by atoms with Gasteiger partial charge in [0.25, 0.3) is 0 Å². The predicted molar refractivity (Wildman–Crippen MR) is 230 cm³/mol. The molecule has 0 bridgehead atoms. The normalized spacial score (nSPS) is 28.4. The maximum absolute atomic E-state index is 5.00. The quantitative estimate of drug-likeness (QED) is 0.267. The molecule has 0 spiro atoms. The Balaban J connectivity index is 1.37. The number of allylic oxidation sites excluding steroid dienone is 22. The fourth-order valence-electron chi connectivity index (χ4n) is 12.5. The monoisotopic (exact) mass is 707 g/mol. The minimum atomic E-state index is 0.100. The van der Waals surface area contributed by atoms with Crippen LogP contribution in [0.4, 0.5) is 0 Å². The average Bonchev–Trinajstić information content (AvgIpc) is 3.86. The Bertz CT molecular complexity index is 2140. The molecule has 0 amide bonds. The second kappa shape index (κ2) is 12.2. The van der Waals surface area contributed by atoms with Crippen molar-refractivity contribution in [1.82, 2.24) is 0 Å². The van der Waals surface area contributed by atoms with E-state index in [0.29, 0.717) is 35.5 Å². The van der Waals surface area contributed by atoms with Crippen LogP contribution in [0, 0.1) is 46.3 Å². The first-order valence-corrected chi connectivity index (χ1v) is 20.9. The zero-order chi connectivity index (χ0) is 39.3. The van der Waals surface area contributed by atoms with Gasteiger partial charge in [-0.25, -0.2) is 0 Å². The number of hydrogen-bond donors (Lipinski definition) is 0. The van der Waals surface area contributed by atoms with E-state index < -0.39 is 0 Å². The first-order chi connectivity index (χ1) is 24.4. The lowest BCUT2D eigenvalue weighted by Gasteiger charge is -2.38. The molecule has 0 aromatic carbocycles. The zero-order valence-electron chi connectivity index (χ0n) is 37.0. The lowest BCUT2D eigenvalue weighted by atomic mass is 9.65. The summed E-state index contributed by atoms with van der Waals surface area (Å²) in [6, 6.07) is 0. The van der Waals surface area contributed by atoms with Crippen molar-refractivity contribution in [3.63, 3.8) is 0 Å². The van der Waals surface area contributed by atoms with Crippen LogP contribution in [0.5, 0.6) is 0 Å². The van der Waals surface area contributed by atoms with E-state index in [1.165, 1.54) is 50.2 Å². The molecule has 7 aliphatic carbocycles. The topological polar surface area (TPSA) is 0 Å². The Kier molecular flexibility index (Phi) is 8.78. The Morgan fingerprint density at radius 2 is 0.811 bits per heavy atom. The fourth-order valence-corrected chi connectivity index (χ4v) is 12.5. The SMILES string of the molecule is C=C1C2=C(C3=C(C)C(C)=C(C4=C(C)C5=C(C6=C(C5)C(C)=C(C)C6C(C)(C)C)C4C(C)(C)C)C3)C(C(C)C)C(=C)C2=C(C2=C(C)C(C)=C(C)C2)C1C(C)C. The van der Waals surface area contributed by atoms with Gasteiger partial charge in [0.1, 0.15) is 0 Å². The third-order valence-electron chi connectivity index (χ3n) is 15.3. The van der Waals surface area contributed by atoms with Gasteiger partial charge in [0.2, 0.25) is 0 Å². The molecule has 0 aromatic heterocycles. The van der Waals surface area contributed by atoms with Gasteiger partial charge in [-0.2, -0.15) is 0 Å². The highest BCUT2D eigenvalue weighted by Gasteiger charge is 2.52. The van der Waals surface area contributed by atoms with Gasteiger partial charge in [0, 0.05) is 23.7 Å². The lowest BCUT2D eigenvalue weighted by molar-refractivity contribution is 0.297. The molecule has 0 aromatic rings. The third-order valence-corrected chi connectivity index (χ3v) is 15.3. The Morgan fingerprint density at radius 3 is 1.23 bits per heavy atom. The molecule has 0 fully saturated rings. The number of rotatable bonds is 5. The molecule has 7 aliphatic rings. The van der Waals surface area contributed by atoms with Crippen molar-refractivity contribution < 1.29 is 0 Å². The summed E-state index contributed by atoms with van der Waals surface area (Å²) < 4.78 is 0. The van der Waals surface area contributed by atoms with E-state index in [1.807, 2.05) is 0 Å². The second-order valence-corrected chi connectivity index (χ2v) is 21.0. The van der Waals surface area contributed by atoms with Gasteiger partial charge in [0.05, 0.1) is 0 Å². The van der Waals surface area contributed by atoms with Crippen LogP contribution >= 0.6 is 0 Å². The molecule has 282 valence electrons. The van der Waals surface area contributed by atoms with E-state index >= 15 is 0 Å². The summed E-state index contributed by atoms with van der Waals surface area (Å²) in [5.41, 5.74) is 34.3. The molecule has 0 radical (unpaired) electrons. The average molecular weight is 707 g/mol. The molecule has 0 saturated carbocycles. The summed E-state index contributed by atoms with van der Waals surface area (Å²) in [5, 5.41) is 0. The first kappa shape index (κ1) is 38.2. The van der Waals surface area contributed by atoms with Gasteiger partial charge in [-0.1, -0.05) is 93.5 Å². The van der Waals surface area contributed by atoms with Crippen molar-refractivity contribution in [3.8, 4) is 0 Å². The lowest BCUT2D eigenvalue weighted by Crippen LogP contribution is -2.29. The van der Waals surface area contributed by atoms with Crippen LogP contribution in [0.2, 0.25) is 0 Å². The number of fused-ring (bicyclic) bond motifs is 2. The van der Waals surface area contributed by atoms with Crippen molar-refractivity contribution in [3.05, 3.63) is 136 Å². The van der Waals surface area contributed by atoms with Crippen LogP contribution in [0.1, 0.15) is 144 Å². The molecular weight excluding hydrogens is 637 g/mol. The van der Waals surface area contributed by atoms with Gasteiger partial charge in [-0.05, 0) is 209 Å². The molecule has 0 heteroatoms. The van der Waals surface area contributed by atoms with Crippen LogP contribution in [-0.4, -0.2) is 0 Å². The standard InChI is InChI=1S/C53H70/c1-24(2)41-34(13)45-44(46(41)36-21-26(5)27(6)28(36)7)35(14)42(25(3)4)47(45)38-22-37(29(8)30(38)9)43-33(12)40-23-39-31(10)32(11)50(52(15,16)17)48(39)49(40)51(43)53(18,19)20/h24-25,41-42,50-51H,13-14,21-23H2,1-12,15-20H3. The molecule has 0 heterocycles. The Hall–Kier alpha value is -3.12. The van der Waals surface area contributed by atoms with E-state index in [9.17, 15) is 0 Å². The van der Waals surface area contributed by atoms with Crippen LogP contribution in [0.15, 0.2) is 136 Å². The highest BCUT2D eigenvalue weighted by Crippen LogP contribution is 2.66. The second-order valence-electron chi connectivity index (χ2n) is 21.0. The molecule has 0 aliphatic heterocycles. The predicted octanol–water partition coefficient (Wildman–Crippen LogP) is 15.4. The molecule has 0 saturated heterocycles. The van der Waals surface area contributed by atoms with Crippen molar-refractivity contribution in [2.75, 3.05) is 0 Å².